The molecule has 0 aliphatic rings. The number of hydrogen-bond donors (Lipinski definition) is 0. The highest BCUT2D eigenvalue weighted by molar-refractivity contribution is 9.10. The summed E-state index contributed by atoms with van der Waals surface area (Å²) in [6.07, 6.45) is 2.18. The highest BCUT2D eigenvalue weighted by atomic mass is 79.9. The van der Waals surface area contributed by atoms with E-state index >= 15 is 0 Å². The largest absolute Gasteiger partial charge is 0.383 e. The maximum absolute atomic E-state index is 8.93. The van der Waals surface area contributed by atoms with Crippen molar-refractivity contribution >= 4 is 21.6 Å². The third-order valence-electron chi connectivity index (χ3n) is 3.31. The van der Waals surface area contributed by atoms with E-state index in [9.17, 15) is 0 Å². The highest BCUT2D eigenvalue weighted by Crippen LogP contribution is 2.30. The van der Waals surface area contributed by atoms with E-state index in [-0.39, 0.29) is 0 Å². The van der Waals surface area contributed by atoms with Gasteiger partial charge in [-0.25, -0.2) is 0 Å². The van der Waals surface area contributed by atoms with E-state index < -0.39 is 0 Å². The van der Waals surface area contributed by atoms with Crippen LogP contribution in [0.5, 0.6) is 0 Å². The van der Waals surface area contributed by atoms with Crippen molar-refractivity contribution < 1.29 is 4.74 Å². The Bertz CT molecular complexity index is 438. The molecule has 0 bridgehead atoms. The second-order valence-electron chi connectivity index (χ2n) is 4.43. The number of anilines is 1. The predicted octanol–water partition coefficient (Wildman–Crippen LogP) is 3.96. The zero-order valence-corrected chi connectivity index (χ0v) is 13.4. The molecular weight excluding hydrogens is 304 g/mol. The van der Waals surface area contributed by atoms with Gasteiger partial charge in [-0.1, -0.05) is 13.8 Å². The molecule has 1 aromatic carbocycles. The standard InChI is InChI=1S/C15H21BrN2O/c1-4-13(5-2)18(8-9-19-3)15-7-6-12(11-17)10-14(15)16/h6-7,10,13H,4-5,8-9H2,1-3H3. The molecule has 0 saturated carbocycles. The molecule has 1 rings (SSSR count). The van der Waals surface area contributed by atoms with Gasteiger partial charge in [0.2, 0.25) is 0 Å². The number of ether oxygens (including phenoxy) is 1. The Morgan fingerprint density at radius 1 is 1.37 bits per heavy atom. The van der Waals surface area contributed by atoms with Crippen molar-refractivity contribution in [1.82, 2.24) is 0 Å². The number of benzene rings is 1. The SMILES string of the molecule is CCC(CC)N(CCOC)c1ccc(C#N)cc1Br. The first-order chi connectivity index (χ1) is 9.17. The summed E-state index contributed by atoms with van der Waals surface area (Å²) < 4.78 is 6.18. The van der Waals surface area contributed by atoms with Crippen LogP contribution in [0.4, 0.5) is 5.69 Å². The molecular formula is C15H21BrN2O. The van der Waals surface area contributed by atoms with Crippen LogP contribution in [-0.2, 0) is 4.74 Å². The number of methoxy groups -OCH3 is 1. The Balaban J connectivity index is 3.06. The molecule has 0 atom stereocenters. The fourth-order valence-electron chi connectivity index (χ4n) is 2.23. The van der Waals surface area contributed by atoms with E-state index in [0.29, 0.717) is 18.2 Å². The van der Waals surface area contributed by atoms with Crippen molar-refractivity contribution in [3.05, 3.63) is 28.2 Å². The summed E-state index contributed by atoms with van der Waals surface area (Å²) in [4.78, 5) is 2.36. The van der Waals surface area contributed by atoms with Crippen molar-refractivity contribution in [3.63, 3.8) is 0 Å². The second-order valence-corrected chi connectivity index (χ2v) is 5.29. The number of nitriles is 1. The quantitative estimate of drug-likeness (QED) is 0.761. The second kappa shape index (κ2) is 8.19. The van der Waals surface area contributed by atoms with E-state index in [4.69, 9.17) is 10.00 Å². The molecule has 0 aromatic heterocycles. The van der Waals surface area contributed by atoms with Gasteiger partial charge in [0.05, 0.1) is 23.9 Å². The predicted molar refractivity (Wildman–Crippen MR) is 82.4 cm³/mol. The summed E-state index contributed by atoms with van der Waals surface area (Å²) in [7, 11) is 1.72. The summed E-state index contributed by atoms with van der Waals surface area (Å²) in [6.45, 7) is 5.95. The molecule has 0 radical (unpaired) electrons. The van der Waals surface area contributed by atoms with Crippen molar-refractivity contribution in [3.8, 4) is 6.07 Å². The van der Waals surface area contributed by atoms with Gasteiger partial charge in [-0.2, -0.15) is 5.26 Å². The monoisotopic (exact) mass is 324 g/mol. The van der Waals surface area contributed by atoms with Crippen molar-refractivity contribution in [2.75, 3.05) is 25.2 Å². The van der Waals surface area contributed by atoms with Gasteiger partial charge in [-0.05, 0) is 47.0 Å². The number of halogens is 1. The lowest BCUT2D eigenvalue weighted by Crippen LogP contribution is -2.37. The molecule has 19 heavy (non-hydrogen) atoms. The summed E-state index contributed by atoms with van der Waals surface area (Å²) in [5.41, 5.74) is 1.80. The number of rotatable bonds is 7. The van der Waals surface area contributed by atoms with Crippen LogP contribution in [0.2, 0.25) is 0 Å². The maximum Gasteiger partial charge on any atom is 0.0992 e. The Hall–Kier alpha value is -1.05. The minimum Gasteiger partial charge on any atom is -0.383 e. The van der Waals surface area contributed by atoms with Crippen molar-refractivity contribution in [1.29, 1.82) is 5.26 Å². The van der Waals surface area contributed by atoms with Crippen molar-refractivity contribution in [2.45, 2.75) is 32.7 Å². The minimum absolute atomic E-state index is 0.486. The zero-order valence-electron chi connectivity index (χ0n) is 11.8. The molecule has 0 aliphatic heterocycles. The third kappa shape index (κ3) is 4.22. The first kappa shape index (κ1) is 16.0. The molecule has 1 aromatic rings. The van der Waals surface area contributed by atoms with Crippen LogP contribution in [0, 0.1) is 11.3 Å². The minimum atomic E-state index is 0.486. The van der Waals surface area contributed by atoms with Crippen LogP contribution in [0.1, 0.15) is 32.3 Å². The van der Waals surface area contributed by atoms with Gasteiger partial charge in [-0.3, -0.25) is 0 Å². The molecule has 0 N–H and O–H groups in total. The molecule has 0 aliphatic carbocycles. The van der Waals surface area contributed by atoms with Gasteiger partial charge >= 0.3 is 0 Å². The van der Waals surface area contributed by atoms with Gasteiger partial charge in [0.25, 0.3) is 0 Å². The topological polar surface area (TPSA) is 36.3 Å². The Morgan fingerprint density at radius 3 is 2.53 bits per heavy atom. The summed E-state index contributed by atoms with van der Waals surface area (Å²) in [5, 5.41) is 8.93. The lowest BCUT2D eigenvalue weighted by atomic mass is 10.1. The molecule has 0 unspecified atom stereocenters. The first-order valence-corrected chi connectivity index (χ1v) is 7.42. The molecule has 0 spiro atoms. The fraction of sp³-hybridized carbons (Fsp3) is 0.533. The molecule has 4 heteroatoms. The first-order valence-electron chi connectivity index (χ1n) is 6.63. The average Bonchev–Trinajstić information content (AvgIpc) is 2.44. The smallest absolute Gasteiger partial charge is 0.0992 e. The van der Waals surface area contributed by atoms with Crippen LogP contribution < -0.4 is 4.90 Å². The van der Waals surface area contributed by atoms with E-state index in [1.807, 2.05) is 18.2 Å². The van der Waals surface area contributed by atoms with Gasteiger partial charge in [0, 0.05) is 24.2 Å². The third-order valence-corrected chi connectivity index (χ3v) is 3.94. The molecule has 0 saturated heterocycles. The Kier molecular flexibility index (Phi) is 6.90. The summed E-state index contributed by atoms with van der Waals surface area (Å²) in [5.74, 6) is 0. The fourth-order valence-corrected chi connectivity index (χ4v) is 2.83. The van der Waals surface area contributed by atoms with Gasteiger partial charge in [-0.15, -0.1) is 0 Å². The number of hydrogen-bond acceptors (Lipinski definition) is 3. The molecule has 0 fully saturated rings. The molecule has 0 amide bonds. The maximum atomic E-state index is 8.93. The molecule has 3 nitrogen and oxygen atoms in total. The van der Waals surface area contributed by atoms with Gasteiger partial charge in [0.15, 0.2) is 0 Å². The van der Waals surface area contributed by atoms with Crippen LogP contribution in [0.3, 0.4) is 0 Å². The van der Waals surface area contributed by atoms with Crippen LogP contribution in [-0.4, -0.2) is 26.3 Å². The van der Waals surface area contributed by atoms with Crippen LogP contribution in [0.15, 0.2) is 22.7 Å². The average molecular weight is 325 g/mol. The van der Waals surface area contributed by atoms with Crippen LogP contribution in [0.25, 0.3) is 0 Å². The van der Waals surface area contributed by atoms with Gasteiger partial charge < -0.3 is 9.64 Å². The molecule has 104 valence electrons. The van der Waals surface area contributed by atoms with E-state index in [2.05, 4.69) is 40.7 Å². The van der Waals surface area contributed by atoms with Gasteiger partial charge in [0.1, 0.15) is 0 Å². The normalized spacial score (nSPS) is 10.5. The molecule has 0 heterocycles. The van der Waals surface area contributed by atoms with E-state index in [1.165, 1.54) is 0 Å². The zero-order chi connectivity index (χ0) is 14.3. The van der Waals surface area contributed by atoms with Crippen molar-refractivity contribution in [2.24, 2.45) is 0 Å². The van der Waals surface area contributed by atoms with E-state index in [0.717, 1.165) is 29.5 Å². The lowest BCUT2D eigenvalue weighted by molar-refractivity contribution is 0.202. The van der Waals surface area contributed by atoms with E-state index in [1.54, 1.807) is 7.11 Å². The Morgan fingerprint density at radius 2 is 2.05 bits per heavy atom. The Labute approximate surface area is 124 Å². The van der Waals surface area contributed by atoms with Crippen LogP contribution >= 0.6 is 15.9 Å². The number of nitrogens with zero attached hydrogens (tertiary/aromatic N) is 2. The summed E-state index contributed by atoms with van der Waals surface area (Å²) >= 11 is 3.57. The highest BCUT2D eigenvalue weighted by Gasteiger charge is 2.17. The summed E-state index contributed by atoms with van der Waals surface area (Å²) in [6, 6.07) is 8.39. The lowest BCUT2D eigenvalue weighted by Gasteiger charge is -2.33.